The Morgan fingerprint density at radius 2 is 2.50 bits per heavy atom. The second-order valence-corrected chi connectivity index (χ2v) is 1.28. The third-order valence-electron chi connectivity index (χ3n) is 0.684. The lowest BCUT2D eigenvalue weighted by Gasteiger charge is -1.78. The van der Waals surface area contributed by atoms with Crippen molar-refractivity contribution in [2.24, 2.45) is 7.05 Å². The summed E-state index contributed by atoms with van der Waals surface area (Å²) in [6, 6.07) is 4.77. The quantitative estimate of drug-likeness (QED) is 0.435. The van der Waals surface area contributed by atoms with E-state index in [-0.39, 0.29) is 0 Å². The molecule has 0 aliphatic carbocycles. The van der Waals surface area contributed by atoms with Gasteiger partial charge in [0.2, 0.25) is 0 Å². The standard InChI is InChI=1S/C5H6N/c1-6-4-2-3-5-6/h2,4-5H,1H3. The molecule has 0 saturated carbocycles. The molecule has 6 heavy (non-hydrogen) atoms. The van der Waals surface area contributed by atoms with Crippen LogP contribution in [-0.4, -0.2) is 4.57 Å². The molecule has 0 atom stereocenters. The number of hydrogen-bond donors (Lipinski definition) is 0. The van der Waals surface area contributed by atoms with E-state index in [2.05, 4.69) is 6.07 Å². The zero-order valence-corrected chi connectivity index (χ0v) is 3.68. The van der Waals surface area contributed by atoms with Crippen molar-refractivity contribution in [3.05, 3.63) is 24.5 Å². The SMILES string of the molecule is Cn1c[c]cc1. The van der Waals surface area contributed by atoms with Gasteiger partial charge in [-0.1, -0.05) is 0 Å². The molecule has 0 aliphatic heterocycles. The maximum absolute atomic E-state index is 2.89. The van der Waals surface area contributed by atoms with Crippen molar-refractivity contribution < 1.29 is 0 Å². The van der Waals surface area contributed by atoms with E-state index in [1.807, 2.05) is 30.1 Å². The predicted molar refractivity (Wildman–Crippen MR) is 24.2 cm³/mol. The van der Waals surface area contributed by atoms with E-state index >= 15 is 0 Å². The van der Waals surface area contributed by atoms with Crippen LogP contribution in [0, 0.1) is 6.07 Å². The van der Waals surface area contributed by atoms with Crippen LogP contribution in [-0.2, 0) is 7.05 Å². The van der Waals surface area contributed by atoms with Gasteiger partial charge in [-0.15, -0.1) is 0 Å². The lowest BCUT2D eigenvalue weighted by atomic mass is 10.7. The van der Waals surface area contributed by atoms with Crippen molar-refractivity contribution in [1.82, 2.24) is 4.57 Å². The van der Waals surface area contributed by atoms with Gasteiger partial charge in [0.1, 0.15) is 0 Å². The lowest BCUT2D eigenvalue weighted by molar-refractivity contribution is 0.927. The molecular weight excluding hydrogens is 74.1 g/mol. The maximum Gasteiger partial charge on any atom is 0.0111 e. The minimum absolute atomic E-state index is 1.88. The molecule has 1 heteroatoms. The molecule has 1 radical (unpaired) electrons. The monoisotopic (exact) mass is 80.1 g/mol. The van der Waals surface area contributed by atoms with Gasteiger partial charge in [0.15, 0.2) is 0 Å². The first kappa shape index (κ1) is 3.47. The maximum atomic E-state index is 2.89. The van der Waals surface area contributed by atoms with Gasteiger partial charge in [0, 0.05) is 25.5 Å². The third-order valence-corrected chi connectivity index (χ3v) is 0.684. The van der Waals surface area contributed by atoms with Gasteiger partial charge in [-0.3, -0.25) is 0 Å². The summed E-state index contributed by atoms with van der Waals surface area (Å²) in [6.07, 6.45) is 3.82. The molecule has 0 fully saturated rings. The van der Waals surface area contributed by atoms with E-state index < -0.39 is 0 Å². The number of nitrogens with zero attached hydrogens (tertiary/aromatic N) is 1. The van der Waals surface area contributed by atoms with Gasteiger partial charge in [-0.2, -0.15) is 0 Å². The molecule has 0 amide bonds. The van der Waals surface area contributed by atoms with E-state index in [4.69, 9.17) is 0 Å². The van der Waals surface area contributed by atoms with E-state index in [0.29, 0.717) is 0 Å². The molecule has 1 heterocycles. The minimum atomic E-state index is 1.88. The van der Waals surface area contributed by atoms with Crippen LogP contribution in [0.15, 0.2) is 18.5 Å². The molecule has 31 valence electrons. The summed E-state index contributed by atoms with van der Waals surface area (Å²) in [4.78, 5) is 0. The molecule has 1 aromatic rings. The largest absolute Gasteiger partial charge is 0.357 e. The normalized spacial score (nSPS) is 8.83. The van der Waals surface area contributed by atoms with Gasteiger partial charge in [-0.05, 0) is 6.07 Å². The first-order chi connectivity index (χ1) is 2.89. The summed E-state index contributed by atoms with van der Waals surface area (Å²) in [5.74, 6) is 0. The van der Waals surface area contributed by atoms with Crippen LogP contribution < -0.4 is 0 Å². The highest BCUT2D eigenvalue weighted by atomic mass is 14.9. The van der Waals surface area contributed by atoms with Crippen LogP contribution >= 0.6 is 0 Å². The van der Waals surface area contributed by atoms with Crippen molar-refractivity contribution >= 4 is 0 Å². The smallest absolute Gasteiger partial charge is 0.0111 e. The van der Waals surface area contributed by atoms with E-state index in [0.717, 1.165) is 0 Å². The zero-order chi connectivity index (χ0) is 4.41. The fraction of sp³-hybridized carbons (Fsp3) is 0.200. The van der Waals surface area contributed by atoms with Crippen LogP contribution in [0.1, 0.15) is 0 Å². The second-order valence-electron chi connectivity index (χ2n) is 1.28. The molecule has 0 saturated heterocycles. The van der Waals surface area contributed by atoms with E-state index in [9.17, 15) is 0 Å². The van der Waals surface area contributed by atoms with Gasteiger partial charge < -0.3 is 4.57 Å². The summed E-state index contributed by atoms with van der Waals surface area (Å²) in [7, 11) is 1.97. The Morgan fingerprint density at radius 3 is 2.67 bits per heavy atom. The van der Waals surface area contributed by atoms with Crippen molar-refractivity contribution in [2.75, 3.05) is 0 Å². The summed E-state index contributed by atoms with van der Waals surface area (Å²) >= 11 is 0. The van der Waals surface area contributed by atoms with E-state index in [1.54, 1.807) is 0 Å². The van der Waals surface area contributed by atoms with Crippen molar-refractivity contribution in [1.29, 1.82) is 0 Å². The highest BCUT2D eigenvalue weighted by molar-refractivity contribution is 4.85. The van der Waals surface area contributed by atoms with Crippen LogP contribution in [0.25, 0.3) is 0 Å². The summed E-state index contributed by atoms with van der Waals surface area (Å²) in [5.41, 5.74) is 0. The Balaban J connectivity index is 3.05. The Kier molecular flexibility index (Phi) is 0.675. The first-order valence-electron chi connectivity index (χ1n) is 1.87. The number of hydrogen-bond acceptors (Lipinski definition) is 0. The highest BCUT2D eigenvalue weighted by Gasteiger charge is 1.69. The fourth-order valence-corrected chi connectivity index (χ4v) is 0.364. The summed E-state index contributed by atoms with van der Waals surface area (Å²) < 4.78 is 1.94. The average Bonchev–Trinajstić information content (AvgIpc) is 1.86. The molecule has 1 nitrogen and oxygen atoms in total. The molecule has 0 unspecified atom stereocenters. The highest BCUT2D eigenvalue weighted by Crippen LogP contribution is 1.79. The molecule has 0 bridgehead atoms. The summed E-state index contributed by atoms with van der Waals surface area (Å²) in [6.45, 7) is 0. The molecule has 1 aromatic heterocycles. The summed E-state index contributed by atoms with van der Waals surface area (Å²) in [5, 5.41) is 0. The minimum Gasteiger partial charge on any atom is -0.357 e. The second kappa shape index (κ2) is 1.17. The Morgan fingerprint density at radius 1 is 1.67 bits per heavy atom. The third kappa shape index (κ3) is 0.432. The molecular formula is C5H6N. The van der Waals surface area contributed by atoms with Gasteiger partial charge in [0.05, 0.1) is 0 Å². The molecule has 0 N–H and O–H groups in total. The lowest BCUT2D eigenvalue weighted by Crippen LogP contribution is -1.75. The first-order valence-corrected chi connectivity index (χ1v) is 1.87. The topological polar surface area (TPSA) is 4.93 Å². The van der Waals surface area contributed by atoms with Crippen molar-refractivity contribution in [2.45, 2.75) is 0 Å². The fourth-order valence-electron chi connectivity index (χ4n) is 0.364. The Labute approximate surface area is 37.2 Å². The van der Waals surface area contributed by atoms with Crippen LogP contribution in [0.5, 0.6) is 0 Å². The van der Waals surface area contributed by atoms with E-state index in [1.165, 1.54) is 0 Å². The van der Waals surface area contributed by atoms with Crippen LogP contribution in [0.2, 0.25) is 0 Å². The van der Waals surface area contributed by atoms with Crippen LogP contribution in [0.4, 0.5) is 0 Å². The molecule has 0 aromatic carbocycles. The van der Waals surface area contributed by atoms with Crippen molar-refractivity contribution in [3.8, 4) is 0 Å². The average molecular weight is 80.1 g/mol. The predicted octanol–water partition coefficient (Wildman–Crippen LogP) is 0.825. The van der Waals surface area contributed by atoms with Crippen molar-refractivity contribution in [3.63, 3.8) is 0 Å². The van der Waals surface area contributed by atoms with Crippen LogP contribution in [0.3, 0.4) is 0 Å². The number of rotatable bonds is 0. The van der Waals surface area contributed by atoms with Gasteiger partial charge >= 0.3 is 0 Å². The van der Waals surface area contributed by atoms with Gasteiger partial charge in [-0.25, -0.2) is 0 Å². The Bertz CT molecular complexity index is 107. The molecule has 1 rings (SSSR count). The zero-order valence-electron chi connectivity index (χ0n) is 3.68. The Hall–Kier alpha value is -0.720. The molecule has 0 aliphatic rings. The molecule has 0 spiro atoms. The number of aromatic nitrogens is 1. The van der Waals surface area contributed by atoms with Gasteiger partial charge in [0.25, 0.3) is 0 Å². The number of aryl methyl sites for hydroxylation is 1.